The average Bonchev–Trinajstić information content (AvgIpc) is 3.11. The molecule has 0 saturated carbocycles. The lowest BCUT2D eigenvalue weighted by molar-refractivity contribution is 0.285. The molecule has 22 heavy (non-hydrogen) atoms. The normalized spacial score (nSPS) is 11.6. The fourth-order valence-electron chi connectivity index (χ4n) is 2.09. The monoisotopic (exact) mass is 332 g/mol. The Bertz CT molecular complexity index is 822. The van der Waals surface area contributed by atoms with Crippen molar-refractivity contribution in [2.24, 2.45) is 5.10 Å². The van der Waals surface area contributed by atoms with Crippen molar-refractivity contribution in [3.8, 4) is 0 Å². The molecule has 0 unspecified atom stereocenters. The minimum Gasteiger partial charge on any atom is -0.391 e. The highest BCUT2D eigenvalue weighted by Crippen LogP contribution is 2.28. The van der Waals surface area contributed by atoms with Crippen molar-refractivity contribution in [3.05, 3.63) is 38.7 Å². The van der Waals surface area contributed by atoms with E-state index >= 15 is 0 Å². The van der Waals surface area contributed by atoms with Crippen molar-refractivity contribution in [2.45, 2.75) is 26.9 Å². The second kappa shape index (κ2) is 6.51. The van der Waals surface area contributed by atoms with E-state index in [0.29, 0.717) is 5.82 Å². The van der Waals surface area contributed by atoms with Gasteiger partial charge in [0.2, 0.25) is 0 Å². The third kappa shape index (κ3) is 3.01. The van der Waals surface area contributed by atoms with Gasteiger partial charge in [0.05, 0.1) is 23.1 Å². The van der Waals surface area contributed by atoms with E-state index in [0.717, 1.165) is 32.0 Å². The molecule has 2 N–H and O–H groups in total. The number of hydrogen-bond acceptors (Lipinski definition) is 7. The Kier molecular flexibility index (Phi) is 4.47. The molecular weight excluding hydrogens is 316 g/mol. The first-order valence-corrected chi connectivity index (χ1v) is 8.57. The lowest BCUT2D eigenvalue weighted by Crippen LogP contribution is -1.94. The van der Waals surface area contributed by atoms with Gasteiger partial charge in [-0.1, -0.05) is 6.92 Å². The molecular formula is C15H16N4OS2. The minimum absolute atomic E-state index is 0.0635. The number of nitrogens with zero attached hydrogens (tertiary/aromatic N) is 3. The molecule has 0 amide bonds. The summed E-state index contributed by atoms with van der Waals surface area (Å²) in [5.74, 6) is 0.716. The largest absolute Gasteiger partial charge is 0.391 e. The summed E-state index contributed by atoms with van der Waals surface area (Å²) in [5.41, 5.74) is 4.10. The predicted molar refractivity (Wildman–Crippen MR) is 93.0 cm³/mol. The Balaban J connectivity index is 1.82. The molecule has 3 aromatic rings. The number of aromatic nitrogens is 2. The van der Waals surface area contributed by atoms with Crippen LogP contribution in [-0.4, -0.2) is 21.3 Å². The lowest BCUT2D eigenvalue weighted by Gasteiger charge is -1.99. The first kappa shape index (κ1) is 15.1. The van der Waals surface area contributed by atoms with Gasteiger partial charge in [0, 0.05) is 9.75 Å². The summed E-state index contributed by atoms with van der Waals surface area (Å²) >= 11 is 3.22. The van der Waals surface area contributed by atoms with Gasteiger partial charge in [-0.25, -0.2) is 9.97 Å². The molecule has 0 saturated heterocycles. The van der Waals surface area contributed by atoms with Gasteiger partial charge in [-0.2, -0.15) is 5.10 Å². The topological polar surface area (TPSA) is 70.4 Å². The number of fused-ring (bicyclic) bond motifs is 1. The smallest absolute Gasteiger partial charge is 0.158 e. The molecule has 0 aliphatic rings. The van der Waals surface area contributed by atoms with Crippen molar-refractivity contribution < 1.29 is 5.11 Å². The fraction of sp³-hybridized carbons (Fsp3) is 0.267. The Morgan fingerprint density at radius 3 is 2.86 bits per heavy atom. The first-order chi connectivity index (χ1) is 10.7. The molecule has 0 aliphatic carbocycles. The van der Waals surface area contributed by atoms with E-state index in [2.05, 4.69) is 33.5 Å². The molecule has 0 atom stereocenters. The van der Waals surface area contributed by atoms with E-state index in [4.69, 9.17) is 5.11 Å². The highest BCUT2D eigenvalue weighted by molar-refractivity contribution is 7.18. The number of anilines is 1. The van der Waals surface area contributed by atoms with Gasteiger partial charge in [0.25, 0.3) is 0 Å². The average molecular weight is 332 g/mol. The van der Waals surface area contributed by atoms with Crippen LogP contribution in [-0.2, 0) is 13.0 Å². The van der Waals surface area contributed by atoms with Crippen LogP contribution in [0.2, 0.25) is 0 Å². The quantitative estimate of drug-likeness (QED) is 0.553. The van der Waals surface area contributed by atoms with Gasteiger partial charge < -0.3 is 5.11 Å². The Labute approximate surface area is 136 Å². The van der Waals surface area contributed by atoms with E-state index in [9.17, 15) is 0 Å². The number of thiophene rings is 2. The number of nitrogens with one attached hydrogen (secondary N) is 1. The van der Waals surface area contributed by atoms with E-state index in [1.54, 1.807) is 23.9 Å². The molecule has 0 radical (unpaired) electrons. The molecule has 0 spiro atoms. The highest BCUT2D eigenvalue weighted by atomic mass is 32.1. The van der Waals surface area contributed by atoms with Crippen LogP contribution in [0.5, 0.6) is 0 Å². The van der Waals surface area contributed by atoms with Gasteiger partial charge >= 0.3 is 0 Å². The molecule has 0 bridgehead atoms. The zero-order chi connectivity index (χ0) is 15.5. The predicted octanol–water partition coefficient (Wildman–Crippen LogP) is 3.56. The van der Waals surface area contributed by atoms with Crippen LogP contribution in [0.25, 0.3) is 10.2 Å². The number of rotatable bonds is 5. The standard InChI is InChI=1S/C15H16N4OS2/c1-3-10-5-12-14(16-8-17-15(12)22-10)19-18-6-13-9(2)4-11(7-20)21-13/h4-6,8,20H,3,7H2,1-2H3,(H,16,17,19). The van der Waals surface area contributed by atoms with Crippen LogP contribution in [0.4, 0.5) is 5.82 Å². The van der Waals surface area contributed by atoms with E-state index < -0.39 is 0 Å². The van der Waals surface area contributed by atoms with E-state index in [1.165, 1.54) is 16.2 Å². The maximum Gasteiger partial charge on any atom is 0.158 e. The van der Waals surface area contributed by atoms with Gasteiger partial charge in [-0.05, 0) is 31.0 Å². The summed E-state index contributed by atoms with van der Waals surface area (Å²) < 4.78 is 0. The summed E-state index contributed by atoms with van der Waals surface area (Å²) in [5, 5.41) is 14.4. The Morgan fingerprint density at radius 1 is 1.27 bits per heavy atom. The summed E-state index contributed by atoms with van der Waals surface area (Å²) in [6.07, 6.45) is 4.30. The maximum absolute atomic E-state index is 9.16. The minimum atomic E-state index is 0.0635. The van der Waals surface area contributed by atoms with E-state index in [-0.39, 0.29) is 6.61 Å². The van der Waals surface area contributed by atoms with Crippen LogP contribution < -0.4 is 5.43 Å². The molecule has 0 fully saturated rings. The van der Waals surface area contributed by atoms with Crippen molar-refractivity contribution >= 4 is 44.9 Å². The van der Waals surface area contributed by atoms with Crippen molar-refractivity contribution in [2.75, 3.05) is 5.43 Å². The Hall–Kier alpha value is -1.83. The van der Waals surface area contributed by atoms with E-state index in [1.807, 2.05) is 13.0 Å². The van der Waals surface area contributed by atoms with Crippen LogP contribution in [0, 0.1) is 6.92 Å². The molecule has 3 heterocycles. The molecule has 0 aliphatic heterocycles. The summed E-state index contributed by atoms with van der Waals surface area (Å²) in [6.45, 7) is 4.20. The maximum atomic E-state index is 9.16. The van der Waals surface area contributed by atoms with Crippen molar-refractivity contribution in [1.29, 1.82) is 0 Å². The van der Waals surface area contributed by atoms with Crippen molar-refractivity contribution in [3.63, 3.8) is 0 Å². The van der Waals surface area contributed by atoms with Crippen LogP contribution in [0.3, 0.4) is 0 Å². The SMILES string of the molecule is CCc1cc2c(NN=Cc3sc(CO)cc3C)ncnc2s1. The van der Waals surface area contributed by atoms with Gasteiger partial charge in [0.1, 0.15) is 11.2 Å². The zero-order valence-corrected chi connectivity index (χ0v) is 14.0. The van der Waals surface area contributed by atoms with Gasteiger partial charge in [-0.15, -0.1) is 22.7 Å². The second-order valence-electron chi connectivity index (χ2n) is 4.80. The molecule has 3 aromatic heterocycles. The molecule has 5 nitrogen and oxygen atoms in total. The van der Waals surface area contributed by atoms with Crippen LogP contribution >= 0.6 is 22.7 Å². The number of hydrogen-bond donors (Lipinski definition) is 2. The third-order valence-corrected chi connectivity index (χ3v) is 5.59. The first-order valence-electron chi connectivity index (χ1n) is 6.94. The van der Waals surface area contributed by atoms with Crippen LogP contribution in [0.15, 0.2) is 23.6 Å². The lowest BCUT2D eigenvalue weighted by atomic mass is 10.3. The molecule has 114 valence electrons. The van der Waals surface area contributed by atoms with Gasteiger partial charge in [-0.3, -0.25) is 5.43 Å². The van der Waals surface area contributed by atoms with Gasteiger partial charge in [0.15, 0.2) is 5.82 Å². The Morgan fingerprint density at radius 2 is 2.14 bits per heavy atom. The number of aryl methyl sites for hydroxylation is 2. The second-order valence-corrected chi connectivity index (χ2v) is 7.08. The number of hydrazone groups is 1. The summed E-state index contributed by atoms with van der Waals surface area (Å²) in [4.78, 5) is 12.8. The molecule has 7 heteroatoms. The fourth-order valence-corrected chi connectivity index (χ4v) is 3.93. The summed E-state index contributed by atoms with van der Waals surface area (Å²) in [7, 11) is 0. The van der Waals surface area contributed by atoms with Crippen molar-refractivity contribution in [1.82, 2.24) is 9.97 Å². The third-order valence-electron chi connectivity index (χ3n) is 3.24. The molecule has 3 rings (SSSR count). The highest BCUT2D eigenvalue weighted by Gasteiger charge is 2.07. The summed E-state index contributed by atoms with van der Waals surface area (Å²) in [6, 6.07) is 4.08. The molecule has 0 aromatic carbocycles. The van der Waals surface area contributed by atoms with Crippen LogP contribution in [0.1, 0.15) is 27.1 Å². The zero-order valence-electron chi connectivity index (χ0n) is 12.3. The number of aliphatic hydroxyl groups excluding tert-OH is 1. The number of aliphatic hydroxyl groups is 1.